The van der Waals surface area contributed by atoms with Gasteiger partial charge in [-0.3, -0.25) is 14.4 Å². The van der Waals surface area contributed by atoms with Crippen molar-refractivity contribution in [1.29, 1.82) is 0 Å². The number of hydrogen-bond donors (Lipinski definition) is 2. The molecule has 0 aromatic heterocycles. The number of fused-ring (bicyclic) bond motifs is 3. The highest BCUT2D eigenvalue weighted by molar-refractivity contribution is 6.00. The Morgan fingerprint density at radius 1 is 1.23 bits per heavy atom. The minimum atomic E-state index is -1.91. The molecule has 0 aliphatic carbocycles. The summed E-state index contributed by atoms with van der Waals surface area (Å²) in [6.45, 7) is 5.65. The van der Waals surface area contributed by atoms with Crippen molar-refractivity contribution in [2.24, 2.45) is 23.7 Å². The first-order chi connectivity index (χ1) is 14.6. The molecule has 2 N–H and O–H groups in total. The van der Waals surface area contributed by atoms with Gasteiger partial charge in [0.1, 0.15) is 12.2 Å². The summed E-state index contributed by atoms with van der Waals surface area (Å²) in [6, 6.07) is 0. The normalized spacial score (nSPS) is 49.1. The first kappa shape index (κ1) is 20.9. The number of carbonyl (C=O) groups is 3. The molecule has 5 rings (SSSR count). The fraction of sp³-hybridized carbons (Fsp3) is 0.773. The van der Waals surface area contributed by atoms with Gasteiger partial charge in [-0.2, -0.15) is 0 Å². The molecule has 5 aliphatic rings. The summed E-state index contributed by atoms with van der Waals surface area (Å²) in [4.78, 5) is 39.2. The van der Waals surface area contributed by atoms with E-state index in [1.54, 1.807) is 18.7 Å². The second-order valence-corrected chi connectivity index (χ2v) is 9.59. The van der Waals surface area contributed by atoms with Crippen LogP contribution < -0.4 is 0 Å². The molecule has 31 heavy (non-hydrogen) atoms. The van der Waals surface area contributed by atoms with E-state index in [9.17, 15) is 24.6 Å². The molecule has 9 unspecified atom stereocenters. The minimum absolute atomic E-state index is 0.273. The van der Waals surface area contributed by atoms with Crippen molar-refractivity contribution in [2.75, 3.05) is 6.54 Å². The highest BCUT2D eigenvalue weighted by Crippen LogP contribution is 2.57. The standard InChI is InChI=1S/C22H29NO8/c1-4-12-17-14(30-22(12)18(25)11(3)20(27)31-22)6-5-7-23-13(9-16(24)21(17,23)28)15-8-10(2)19(26)29-15/h9-12,14-15,17-18,25,28H,4-8H2,1-3H3. The van der Waals surface area contributed by atoms with E-state index in [0.29, 0.717) is 37.9 Å². The number of aliphatic hydroxyl groups is 2. The van der Waals surface area contributed by atoms with E-state index < -0.39 is 59.3 Å². The van der Waals surface area contributed by atoms with Gasteiger partial charge < -0.3 is 29.3 Å². The number of hydrogen-bond acceptors (Lipinski definition) is 9. The highest BCUT2D eigenvalue weighted by Gasteiger charge is 2.73. The van der Waals surface area contributed by atoms with Gasteiger partial charge in [0, 0.05) is 25.0 Å². The summed E-state index contributed by atoms with van der Waals surface area (Å²) in [5.41, 5.74) is -1.39. The van der Waals surface area contributed by atoms with E-state index in [1.165, 1.54) is 6.08 Å². The van der Waals surface area contributed by atoms with Gasteiger partial charge in [0.15, 0.2) is 0 Å². The van der Waals surface area contributed by atoms with Crippen LogP contribution in [0.25, 0.3) is 0 Å². The van der Waals surface area contributed by atoms with Crippen LogP contribution in [0.3, 0.4) is 0 Å². The first-order valence-corrected chi connectivity index (χ1v) is 11.2. The van der Waals surface area contributed by atoms with Gasteiger partial charge in [0.05, 0.1) is 29.6 Å². The Morgan fingerprint density at radius 3 is 2.55 bits per heavy atom. The fourth-order valence-electron chi connectivity index (χ4n) is 6.31. The zero-order chi connectivity index (χ0) is 22.3. The Morgan fingerprint density at radius 2 is 1.97 bits per heavy atom. The number of carbonyl (C=O) groups excluding carboxylic acids is 3. The molecule has 0 radical (unpaired) electrons. The molecular formula is C22H29NO8. The van der Waals surface area contributed by atoms with Crippen molar-refractivity contribution < 1.29 is 38.8 Å². The lowest BCUT2D eigenvalue weighted by Crippen LogP contribution is -2.59. The second kappa shape index (κ2) is 6.76. The average Bonchev–Trinajstić information content (AvgIpc) is 3.34. The van der Waals surface area contributed by atoms with Crippen molar-refractivity contribution in [1.82, 2.24) is 4.90 Å². The number of cyclic esters (lactones) is 1. The molecule has 0 aromatic carbocycles. The SMILES string of the molecule is CCC1C2C(CCCN3C(C4CC(C)C(=O)O4)=CC(=O)C23O)OC12OC(=O)C(C)C2O. The van der Waals surface area contributed by atoms with E-state index in [4.69, 9.17) is 14.2 Å². The molecule has 170 valence electrons. The summed E-state index contributed by atoms with van der Waals surface area (Å²) in [5.74, 6) is -5.23. The van der Waals surface area contributed by atoms with Crippen molar-refractivity contribution in [3.05, 3.63) is 11.8 Å². The fourth-order valence-corrected chi connectivity index (χ4v) is 6.31. The lowest BCUT2D eigenvalue weighted by atomic mass is 9.73. The van der Waals surface area contributed by atoms with Crippen LogP contribution in [0, 0.1) is 23.7 Å². The summed E-state index contributed by atoms with van der Waals surface area (Å²) < 4.78 is 17.3. The van der Waals surface area contributed by atoms with Crippen LogP contribution in [0.15, 0.2) is 11.8 Å². The van der Waals surface area contributed by atoms with Gasteiger partial charge in [0.2, 0.25) is 17.3 Å². The summed E-state index contributed by atoms with van der Waals surface area (Å²) >= 11 is 0. The van der Waals surface area contributed by atoms with Gasteiger partial charge in [0.25, 0.3) is 0 Å². The molecule has 4 saturated heterocycles. The molecule has 0 bridgehead atoms. The first-order valence-electron chi connectivity index (χ1n) is 11.2. The third-order valence-corrected chi connectivity index (χ3v) is 7.90. The predicted molar refractivity (Wildman–Crippen MR) is 104 cm³/mol. The van der Waals surface area contributed by atoms with E-state index in [0.717, 1.165) is 0 Å². The Balaban J connectivity index is 1.54. The Kier molecular flexibility index (Phi) is 4.56. The number of esters is 2. The number of nitrogens with zero attached hydrogens (tertiary/aromatic N) is 1. The number of rotatable bonds is 2. The van der Waals surface area contributed by atoms with Gasteiger partial charge >= 0.3 is 11.9 Å². The van der Waals surface area contributed by atoms with E-state index in [2.05, 4.69) is 0 Å². The quantitative estimate of drug-likeness (QED) is 0.596. The van der Waals surface area contributed by atoms with Crippen LogP contribution in [0.1, 0.15) is 46.5 Å². The molecule has 5 aliphatic heterocycles. The number of aliphatic hydroxyl groups excluding tert-OH is 1. The molecule has 9 heteroatoms. The number of ketones is 1. The molecule has 9 atom stereocenters. The second-order valence-electron chi connectivity index (χ2n) is 9.59. The van der Waals surface area contributed by atoms with E-state index in [1.807, 2.05) is 6.92 Å². The minimum Gasteiger partial charge on any atom is -0.456 e. The maximum Gasteiger partial charge on any atom is 0.314 e. The Hall–Kier alpha value is -1.97. The van der Waals surface area contributed by atoms with Crippen LogP contribution in [0.4, 0.5) is 0 Å². The molecule has 5 heterocycles. The summed E-state index contributed by atoms with van der Waals surface area (Å²) in [6.07, 6.45) is 1.11. The van der Waals surface area contributed by atoms with Crippen molar-refractivity contribution in [3.8, 4) is 0 Å². The molecule has 0 aromatic rings. The maximum absolute atomic E-state index is 13.3. The van der Waals surface area contributed by atoms with Crippen LogP contribution in [-0.4, -0.2) is 69.2 Å². The van der Waals surface area contributed by atoms with Crippen LogP contribution in [0.5, 0.6) is 0 Å². The Bertz CT molecular complexity index is 872. The van der Waals surface area contributed by atoms with E-state index in [-0.39, 0.29) is 11.9 Å². The van der Waals surface area contributed by atoms with Crippen LogP contribution in [-0.2, 0) is 28.6 Å². The third kappa shape index (κ3) is 2.57. The largest absolute Gasteiger partial charge is 0.456 e. The predicted octanol–water partition coefficient (Wildman–Crippen LogP) is 0.480. The highest BCUT2D eigenvalue weighted by atomic mass is 16.7. The van der Waals surface area contributed by atoms with Crippen molar-refractivity contribution in [2.45, 2.75) is 76.3 Å². The molecule has 0 amide bonds. The average molecular weight is 435 g/mol. The number of ether oxygens (including phenoxy) is 3. The van der Waals surface area contributed by atoms with E-state index >= 15 is 0 Å². The van der Waals surface area contributed by atoms with Crippen molar-refractivity contribution >= 4 is 17.7 Å². The molecule has 0 saturated carbocycles. The summed E-state index contributed by atoms with van der Waals surface area (Å²) in [7, 11) is 0. The van der Waals surface area contributed by atoms with Gasteiger partial charge in [-0.25, -0.2) is 0 Å². The maximum atomic E-state index is 13.3. The summed E-state index contributed by atoms with van der Waals surface area (Å²) in [5, 5.41) is 22.8. The molecule has 9 nitrogen and oxygen atoms in total. The van der Waals surface area contributed by atoms with Gasteiger partial charge in [-0.15, -0.1) is 0 Å². The third-order valence-electron chi connectivity index (χ3n) is 7.90. The Labute approximate surface area is 180 Å². The molecule has 4 fully saturated rings. The lowest BCUT2D eigenvalue weighted by molar-refractivity contribution is -0.251. The van der Waals surface area contributed by atoms with Gasteiger partial charge in [-0.1, -0.05) is 13.8 Å². The van der Waals surface area contributed by atoms with Crippen LogP contribution >= 0.6 is 0 Å². The zero-order valence-electron chi connectivity index (χ0n) is 17.9. The topological polar surface area (TPSA) is 123 Å². The molecule has 1 spiro atoms. The van der Waals surface area contributed by atoms with Crippen molar-refractivity contribution in [3.63, 3.8) is 0 Å². The van der Waals surface area contributed by atoms with Gasteiger partial charge in [-0.05, 0) is 26.2 Å². The lowest BCUT2D eigenvalue weighted by Gasteiger charge is -2.43. The smallest absolute Gasteiger partial charge is 0.314 e. The van der Waals surface area contributed by atoms with Crippen LogP contribution in [0.2, 0.25) is 0 Å². The zero-order valence-corrected chi connectivity index (χ0v) is 17.9. The molecular weight excluding hydrogens is 406 g/mol. The monoisotopic (exact) mass is 435 g/mol.